The van der Waals surface area contributed by atoms with Gasteiger partial charge in [0.25, 0.3) is 5.56 Å². The predicted octanol–water partition coefficient (Wildman–Crippen LogP) is 2.79. The van der Waals surface area contributed by atoms with E-state index in [0.29, 0.717) is 18.2 Å². The summed E-state index contributed by atoms with van der Waals surface area (Å²) in [5.74, 6) is -0.0787. The molecule has 0 atom stereocenters. The van der Waals surface area contributed by atoms with E-state index in [1.807, 2.05) is 24.3 Å². The Balaban J connectivity index is 2.40. The van der Waals surface area contributed by atoms with Crippen LogP contribution >= 0.6 is 0 Å². The van der Waals surface area contributed by atoms with Gasteiger partial charge in [-0.1, -0.05) is 26.0 Å². The molecule has 2 rings (SSSR count). The van der Waals surface area contributed by atoms with E-state index in [9.17, 15) is 9.59 Å². The van der Waals surface area contributed by atoms with Crippen LogP contribution in [0.15, 0.2) is 41.2 Å². The van der Waals surface area contributed by atoms with Gasteiger partial charge in [-0.05, 0) is 30.2 Å². The smallest absolute Gasteiger partial charge is 0.341 e. The lowest BCUT2D eigenvalue weighted by atomic mass is 10.1. The first-order chi connectivity index (χ1) is 10.4. The van der Waals surface area contributed by atoms with Crippen molar-refractivity contribution < 1.29 is 14.6 Å². The normalized spacial score (nSPS) is 10.7. The summed E-state index contributed by atoms with van der Waals surface area (Å²) in [6, 6.07) is 10.4. The summed E-state index contributed by atoms with van der Waals surface area (Å²) >= 11 is 0. The molecule has 0 radical (unpaired) electrons. The zero-order valence-electron chi connectivity index (χ0n) is 12.9. The number of rotatable bonds is 5. The van der Waals surface area contributed by atoms with Crippen LogP contribution in [0, 0.1) is 5.92 Å². The van der Waals surface area contributed by atoms with Gasteiger partial charge in [-0.3, -0.25) is 4.79 Å². The molecule has 0 unspecified atom stereocenters. The molecule has 0 amide bonds. The van der Waals surface area contributed by atoms with Crippen LogP contribution in [0.4, 0.5) is 0 Å². The molecule has 0 spiro atoms. The minimum Gasteiger partial charge on any atom is -0.493 e. The molecule has 5 nitrogen and oxygen atoms in total. The van der Waals surface area contributed by atoms with Gasteiger partial charge in [-0.2, -0.15) is 0 Å². The number of carbonyl (C=O) groups is 1. The second-order valence-electron chi connectivity index (χ2n) is 5.53. The number of pyridine rings is 1. The first-order valence-corrected chi connectivity index (χ1v) is 7.06. The molecule has 0 aliphatic heterocycles. The molecule has 116 valence electrons. The number of nitrogens with zero attached hydrogens (tertiary/aromatic N) is 1. The Morgan fingerprint density at radius 3 is 2.64 bits per heavy atom. The molecule has 5 heteroatoms. The minimum atomic E-state index is -1.22. The Bertz CT molecular complexity index is 747. The highest BCUT2D eigenvalue weighted by Crippen LogP contribution is 2.23. The fourth-order valence-electron chi connectivity index (χ4n) is 2.10. The molecule has 0 bridgehead atoms. The summed E-state index contributed by atoms with van der Waals surface area (Å²) < 4.78 is 7.02. The van der Waals surface area contributed by atoms with Crippen molar-refractivity contribution in [1.82, 2.24) is 4.57 Å². The van der Waals surface area contributed by atoms with Gasteiger partial charge in [0.05, 0.1) is 12.3 Å². The highest BCUT2D eigenvalue weighted by molar-refractivity contribution is 5.87. The molecule has 2 aromatic rings. The van der Waals surface area contributed by atoms with E-state index in [0.717, 1.165) is 11.3 Å². The van der Waals surface area contributed by atoms with Crippen LogP contribution in [0.25, 0.3) is 11.3 Å². The summed E-state index contributed by atoms with van der Waals surface area (Å²) in [5, 5.41) is 8.98. The fraction of sp³-hybridized carbons (Fsp3) is 0.294. The molecule has 1 heterocycles. The Labute approximate surface area is 128 Å². The molecule has 0 aliphatic rings. The molecule has 1 N–H and O–H groups in total. The number of aromatic carboxylic acids is 1. The summed E-state index contributed by atoms with van der Waals surface area (Å²) in [6.45, 7) is 4.75. The van der Waals surface area contributed by atoms with Gasteiger partial charge < -0.3 is 14.4 Å². The van der Waals surface area contributed by atoms with Gasteiger partial charge in [0.2, 0.25) is 0 Å². The van der Waals surface area contributed by atoms with Gasteiger partial charge in [0.1, 0.15) is 11.3 Å². The van der Waals surface area contributed by atoms with E-state index in [4.69, 9.17) is 9.84 Å². The summed E-state index contributed by atoms with van der Waals surface area (Å²) in [4.78, 5) is 23.0. The number of hydrogen-bond donors (Lipinski definition) is 1. The zero-order chi connectivity index (χ0) is 16.3. The summed E-state index contributed by atoms with van der Waals surface area (Å²) in [7, 11) is 1.56. The lowest BCUT2D eigenvalue weighted by Crippen LogP contribution is -2.25. The number of carboxylic acids is 1. The molecule has 22 heavy (non-hydrogen) atoms. The van der Waals surface area contributed by atoms with Crippen molar-refractivity contribution >= 4 is 5.97 Å². The van der Waals surface area contributed by atoms with Crippen molar-refractivity contribution in [3.63, 3.8) is 0 Å². The standard InChI is InChI=1S/C17H19NO4/c1-11(2)10-22-13-6-4-5-12(9-13)15-8-7-14(17(20)21)16(19)18(15)3/h4-9,11H,10H2,1-3H3,(H,20,21). The third-order valence-electron chi connectivity index (χ3n) is 3.25. The molecular formula is C17H19NO4. The van der Waals surface area contributed by atoms with Gasteiger partial charge in [0, 0.05) is 12.6 Å². The van der Waals surface area contributed by atoms with Gasteiger partial charge in [0.15, 0.2) is 0 Å². The first-order valence-electron chi connectivity index (χ1n) is 7.06. The van der Waals surface area contributed by atoms with Gasteiger partial charge >= 0.3 is 5.97 Å². The molecule has 0 fully saturated rings. The highest BCUT2D eigenvalue weighted by atomic mass is 16.5. The van der Waals surface area contributed by atoms with Crippen molar-refractivity contribution in [2.24, 2.45) is 13.0 Å². The maximum Gasteiger partial charge on any atom is 0.341 e. The monoisotopic (exact) mass is 301 g/mol. The Kier molecular flexibility index (Phi) is 4.65. The van der Waals surface area contributed by atoms with Crippen molar-refractivity contribution in [1.29, 1.82) is 0 Å². The molecule has 1 aromatic heterocycles. The van der Waals surface area contributed by atoms with E-state index in [1.165, 1.54) is 10.6 Å². The maximum atomic E-state index is 12.1. The molecule has 0 saturated heterocycles. The topological polar surface area (TPSA) is 68.5 Å². The van der Waals surface area contributed by atoms with Gasteiger partial charge in [-0.15, -0.1) is 0 Å². The molecular weight excluding hydrogens is 282 g/mol. The van der Waals surface area contributed by atoms with Crippen molar-refractivity contribution in [3.8, 4) is 17.0 Å². The Hall–Kier alpha value is -2.56. The van der Waals surface area contributed by atoms with Crippen LogP contribution in [0.3, 0.4) is 0 Å². The molecule has 1 aromatic carbocycles. The van der Waals surface area contributed by atoms with E-state index in [1.54, 1.807) is 13.1 Å². The number of carboxylic acid groups (broad SMARTS) is 1. The van der Waals surface area contributed by atoms with Crippen LogP contribution in [0.2, 0.25) is 0 Å². The van der Waals surface area contributed by atoms with E-state index in [2.05, 4.69) is 13.8 Å². The maximum absolute atomic E-state index is 12.1. The van der Waals surface area contributed by atoms with E-state index < -0.39 is 11.5 Å². The van der Waals surface area contributed by atoms with E-state index >= 15 is 0 Å². The Morgan fingerprint density at radius 1 is 1.27 bits per heavy atom. The van der Waals surface area contributed by atoms with Crippen LogP contribution in [0.5, 0.6) is 5.75 Å². The number of ether oxygens (including phenoxy) is 1. The SMILES string of the molecule is CC(C)COc1cccc(-c2ccc(C(=O)O)c(=O)n2C)c1. The first kappa shape index (κ1) is 15.8. The average Bonchev–Trinajstić information content (AvgIpc) is 2.47. The number of hydrogen-bond acceptors (Lipinski definition) is 3. The largest absolute Gasteiger partial charge is 0.493 e. The van der Waals surface area contributed by atoms with Gasteiger partial charge in [-0.25, -0.2) is 4.79 Å². The van der Waals surface area contributed by atoms with Crippen molar-refractivity contribution in [2.75, 3.05) is 6.61 Å². The van der Waals surface area contributed by atoms with Crippen molar-refractivity contribution in [2.45, 2.75) is 13.8 Å². The van der Waals surface area contributed by atoms with Crippen LogP contribution in [-0.2, 0) is 7.05 Å². The highest BCUT2D eigenvalue weighted by Gasteiger charge is 2.13. The summed E-state index contributed by atoms with van der Waals surface area (Å²) in [5.41, 5.74) is 0.680. The second kappa shape index (κ2) is 6.47. The quantitative estimate of drug-likeness (QED) is 0.922. The Morgan fingerprint density at radius 2 is 2.00 bits per heavy atom. The predicted molar refractivity (Wildman–Crippen MR) is 84.4 cm³/mol. The minimum absolute atomic E-state index is 0.238. The lowest BCUT2D eigenvalue weighted by molar-refractivity contribution is 0.0694. The van der Waals surface area contributed by atoms with Crippen LogP contribution < -0.4 is 10.3 Å². The number of benzene rings is 1. The van der Waals surface area contributed by atoms with Crippen LogP contribution in [0.1, 0.15) is 24.2 Å². The number of aromatic nitrogens is 1. The fourth-order valence-corrected chi connectivity index (χ4v) is 2.10. The van der Waals surface area contributed by atoms with E-state index in [-0.39, 0.29) is 5.56 Å². The summed E-state index contributed by atoms with van der Waals surface area (Å²) in [6.07, 6.45) is 0. The average molecular weight is 301 g/mol. The molecule has 0 aliphatic carbocycles. The molecule has 0 saturated carbocycles. The lowest BCUT2D eigenvalue weighted by Gasteiger charge is -2.12. The third-order valence-corrected chi connectivity index (χ3v) is 3.25. The van der Waals surface area contributed by atoms with Crippen molar-refractivity contribution in [3.05, 3.63) is 52.3 Å². The third kappa shape index (κ3) is 3.36. The second-order valence-corrected chi connectivity index (χ2v) is 5.53. The zero-order valence-corrected chi connectivity index (χ0v) is 12.9. The van der Waals surface area contributed by atoms with Crippen LogP contribution in [-0.4, -0.2) is 22.2 Å².